The maximum Gasteiger partial charge on any atom is 0.324 e. The summed E-state index contributed by atoms with van der Waals surface area (Å²) in [6.07, 6.45) is 4.93. The van der Waals surface area contributed by atoms with E-state index in [1.807, 2.05) is 6.07 Å². The molecule has 0 bridgehead atoms. The molecule has 0 aliphatic rings. The lowest BCUT2D eigenvalue weighted by atomic mass is 10.1. The summed E-state index contributed by atoms with van der Waals surface area (Å²) in [7, 11) is 0. The van der Waals surface area contributed by atoms with Crippen LogP contribution in [0.5, 0.6) is 0 Å². The zero-order chi connectivity index (χ0) is 12.7. The molecule has 1 aromatic heterocycles. The molecule has 96 valence electrons. The molecule has 0 spiro atoms. The van der Waals surface area contributed by atoms with Crippen molar-refractivity contribution in [1.82, 2.24) is 5.32 Å². The van der Waals surface area contributed by atoms with Crippen LogP contribution in [0.4, 0.5) is 5.00 Å². The van der Waals surface area contributed by atoms with Gasteiger partial charge in [0.2, 0.25) is 0 Å². The van der Waals surface area contributed by atoms with Crippen molar-refractivity contribution in [2.24, 2.45) is 0 Å². The first-order valence-corrected chi connectivity index (χ1v) is 6.91. The Kier molecular flexibility index (Phi) is 6.15. The summed E-state index contributed by atoms with van der Waals surface area (Å²) in [4.78, 5) is 11.2. The predicted octanol–water partition coefficient (Wildman–Crippen LogP) is 3.71. The predicted molar refractivity (Wildman–Crippen MR) is 71.4 cm³/mol. The number of unbranched alkanes of at least 4 members (excludes halogenated alkanes) is 2. The van der Waals surface area contributed by atoms with E-state index in [-0.39, 0.29) is 9.92 Å². The lowest BCUT2D eigenvalue weighted by Crippen LogP contribution is -2.24. The van der Waals surface area contributed by atoms with E-state index in [1.165, 1.54) is 37.0 Å². The summed E-state index contributed by atoms with van der Waals surface area (Å²) < 4.78 is 0. The largest absolute Gasteiger partial charge is 0.324 e. The molecule has 1 rings (SSSR count). The van der Waals surface area contributed by atoms with E-state index in [1.54, 1.807) is 6.07 Å². The highest BCUT2D eigenvalue weighted by Gasteiger charge is 2.10. The zero-order valence-corrected chi connectivity index (χ0v) is 11.3. The molecule has 0 radical (unpaired) electrons. The molecule has 1 unspecified atom stereocenters. The van der Waals surface area contributed by atoms with Crippen molar-refractivity contribution in [3.05, 3.63) is 27.1 Å². The number of hydrogen-bond acceptors (Lipinski definition) is 4. The molecular weight excluding hydrogens is 236 g/mol. The molecule has 0 saturated heterocycles. The summed E-state index contributed by atoms with van der Waals surface area (Å²) in [6, 6.07) is 3.88. The Morgan fingerprint density at radius 3 is 2.82 bits per heavy atom. The minimum Gasteiger partial charge on any atom is -0.309 e. The van der Waals surface area contributed by atoms with Crippen LogP contribution in [0.3, 0.4) is 0 Å². The van der Waals surface area contributed by atoms with E-state index >= 15 is 0 Å². The standard InChI is InChI=1S/C12H20N2O2S/c1-3-4-5-6-10(2)13-9-11-7-8-12(17-11)14(15)16/h7-8,10,13H,3-6,9H2,1-2H3. The van der Waals surface area contributed by atoms with Crippen LogP contribution < -0.4 is 5.32 Å². The molecule has 0 saturated carbocycles. The maximum atomic E-state index is 10.5. The smallest absolute Gasteiger partial charge is 0.309 e. The minimum absolute atomic E-state index is 0.223. The van der Waals surface area contributed by atoms with Crippen molar-refractivity contribution in [3.63, 3.8) is 0 Å². The van der Waals surface area contributed by atoms with Crippen LogP contribution in [0.1, 0.15) is 44.4 Å². The summed E-state index contributed by atoms with van der Waals surface area (Å²) in [5, 5.41) is 14.1. The van der Waals surface area contributed by atoms with Crippen molar-refractivity contribution in [2.75, 3.05) is 0 Å². The molecule has 0 aliphatic carbocycles. The van der Waals surface area contributed by atoms with Crippen molar-refractivity contribution >= 4 is 16.3 Å². The highest BCUT2D eigenvalue weighted by Crippen LogP contribution is 2.23. The first-order chi connectivity index (χ1) is 8.13. The van der Waals surface area contributed by atoms with E-state index < -0.39 is 0 Å². The first kappa shape index (κ1) is 14.1. The van der Waals surface area contributed by atoms with E-state index in [4.69, 9.17) is 0 Å². The van der Waals surface area contributed by atoms with Gasteiger partial charge in [0, 0.05) is 23.5 Å². The zero-order valence-electron chi connectivity index (χ0n) is 10.4. The van der Waals surface area contributed by atoms with Crippen LogP contribution in [-0.4, -0.2) is 11.0 Å². The monoisotopic (exact) mass is 256 g/mol. The summed E-state index contributed by atoms with van der Waals surface area (Å²) >= 11 is 1.25. The topological polar surface area (TPSA) is 55.2 Å². The van der Waals surface area contributed by atoms with E-state index in [9.17, 15) is 10.1 Å². The number of nitrogens with zero attached hydrogens (tertiary/aromatic N) is 1. The Hall–Kier alpha value is -0.940. The highest BCUT2D eigenvalue weighted by atomic mass is 32.1. The second kappa shape index (κ2) is 7.40. The summed E-state index contributed by atoms with van der Waals surface area (Å²) in [5.41, 5.74) is 0. The Balaban J connectivity index is 2.26. The molecule has 5 heteroatoms. The van der Waals surface area contributed by atoms with Crippen LogP contribution in [0, 0.1) is 10.1 Å². The third kappa shape index (κ3) is 5.28. The van der Waals surface area contributed by atoms with Gasteiger partial charge < -0.3 is 5.32 Å². The summed E-state index contributed by atoms with van der Waals surface area (Å²) in [5.74, 6) is 0. The first-order valence-electron chi connectivity index (χ1n) is 6.10. The van der Waals surface area contributed by atoms with Crippen LogP contribution >= 0.6 is 11.3 Å². The third-order valence-corrected chi connectivity index (χ3v) is 3.73. The number of rotatable bonds is 8. The van der Waals surface area contributed by atoms with Gasteiger partial charge in [-0.3, -0.25) is 10.1 Å². The molecular formula is C12H20N2O2S. The van der Waals surface area contributed by atoms with Gasteiger partial charge in [-0.25, -0.2) is 0 Å². The van der Waals surface area contributed by atoms with Gasteiger partial charge in [-0.2, -0.15) is 0 Å². The third-order valence-electron chi connectivity index (χ3n) is 2.69. The van der Waals surface area contributed by atoms with E-state index in [0.717, 1.165) is 11.4 Å². The molecule has 0 aliphatic heterocycles. The average molecular weight is 256 g/mol. The molecule has 1 atom stereocenters. The van der Waals surface area contributed by atoms with Crippen molar-refractivity contribution in [3.8, 4) is 0 Å². The van der Waals surface area contributed by atoms with Crippen molar-refractivity contribution in [2.45, 2.75) is 52.1 Å². The molecule has 1 heterocycles. The van der Waals surface area contributed by atoms with Gasteiger partial charge in [0.05, 0.1) is 4.92 Å². The SMILES string of the molecule is CCCCCC(C)NCc1ccc([N+](=O)[O-])s1. The van der Waals surface area contributed by atoms with Gasteiger partial charge in [-0.15, -0.1) is 0 Å². The maximum absolute atomic E-state index is 10.5. The molecule has 1 N–H and O–H groups in total. The quantitative estimate of drug-likeness (QED) is 0.438. The fourth-order valence-corrected chi connectivity index (χ4v) is 2.41. The van der Waals surface area contributed by atoms with Crippen LogP contribution in [0.2, 0.25) is 0 Å². The average Bonchev–Trinajstić information content (AvgIpc) is 2.75. The van der Waals surface area contributed by atoms with Crippen molar-refractivity contribution in [1.29, 1.82) is 0 Å². The second-order valence-electron chi connectivity index (χ2n) is 4.27. The molecule has 17 heavy (non-hydrogen) atoms. The van der Waals surface area contributed by atoms with Crippen molar-refractivity contribution < 1.29 is 4.92 Å². The molecule has 0 amide bonds. The van der Waals surface area contributed by atoms with Gasteiger partial charge in [0.15, 0.2) is 0 Å². The molecule has 0 fully saturated rings. The number of nitro groups is 1. The van der Waals surface area contributed by atoms with Gasteiger partial charge >= 0.3 is 5.00 Å². The van der Waals surface area contributed by atoms with Crippen LogP contribution in [-0.2, 0) is 6.54 Å². The fraction of sp³-hybridized carbons (Fsp3) is 0.667. The van der Waals surface area contributed by atoms with Crippen LogP contribution in [0.15, 0.2) is 12.1 Å². The lowest BCUT2D eigenvalue weighted by molar-refractivity contribution is -0.380. The van der Waals surface area contributed by atoms with E-state index in [2.05, 4.69) is 19.2 Å². The molecule has 1 aromatic rings. The second-order valence-corrected chi connectivity index (χ2v) is 5.42. The molecule has 4 nitrogen and oxygen atoms in total. The lowest BCUT2D eigenvalue weighted by Gasteiger charge is -2.12. The number of hydrogen-bond donors (Lipinski definition) is 1. The number of nitrogens with one attached hydrogen (secondary N) is 1. The molecule has 0 aromatic carbocycles. The Morgan fingerprint density at radius 1 is 1.47 bits per heavy atom. The fourth-order valence-electron chi connectivity index (χ4n) is 1.64. The van der Waals surface area contributed by atoms with Gasteiger partial charge in [-0.05, 0) is 19.4 Å². The van der Waals surface area contributed by atoms with Gasteiger partial charge in [0.1, 0.15) is 0 Å². The van der Waals surface area contributed by atoms with Gasteiger partial charge in [-0.1, -0.05) is 37.5 Å². The van der Waals surface area contributed by atoms with Gasteiger partial charge in [0.25, 0.3) is 0 Å². The van der Waals surface area contributed by atoms with E-state index in [0.29, 0.717) is 6.04 Å². The number of thiophene rings is 1. The Labute approximate surface area is 106 Å². The Morgan fingerprint density at radius 2 is 2.24 bits per heavy atom. The van der Waals surface area contributed by atoms with Crippen LogP contribution in [0.25, 0.3) is 0 Å². The Bertz CT molecular complexity index is 352. The highest BCUT2D eigenvalue weighted by molar-refractivity contribution is 7.15. The normalized spacial score (nSPS) is 12.6. The summed E-state index contributed by atoms with van der Waals surface area (Å²) in [6.45, 7) is 5.09. The minimum atomic E-state index is -0.334.